The van der Waals surface area contributed by atoms with Gasteiger partial charge >= 0.3 is 0 Å². The number of carbonyl (C=O) groups excluding carboxylic acids is 1. The Balaban J connectivity index is 1.95. The highest BCUT2D eigenvalue weighted by Gasteiger charge is 2.25. The number of ketones is 1. The van der Waals surface area contributed by atoms with Crippen molar-refractivity contribution in [1.82, 2.24) is 4.90 Å². The van der Waals surface area contributed by atoms with Crippen molar-refractivity contribution in [2.45, 2.75) is 12.8 Å². The van der Waals surface area contributed by atoms with Crippen LogP contribution in [0.1, 0.15) is 23.2 Å². The number of hydrogen-bond donors (Lipinski definition) is 1. The number of benzene rings is 1. The molecule has 4 heteroatoms. The van der Waals surface area contributed by atoms with Crippen LogP contribution in [0, 0.1) is 5.92 Å². The molecule has 2 rings (SSSR count). The van der Waals surface area contributed by atoms with Gasteiger partial charge in [-0.3, -0.25) is 4.79 Å². The summed E-state index contributed by atoms with van der Waals surface area (Å²) >= 11 is 3.41. The Bertz CT molecular complexity index is 414. The van der Waals surface area contributed by atoms with Crippen molar-refractivity contribution in [2.24, 2.45) is 11.7 Å². The molecule has 2 N–H and O–H groups in total. The first-order valence-corrected chi connectivity index (χ1v) is 7.22. The summed E-state index contributed by atoms with van der Waals surface area (Å²) in [5, 5.41) is 0. The van der Waals surface area contributed by atoms with E-state index in [4.69, 9.17) is 5.73 Å². The number of nitrogens with two attached hydrogens (primary N) is 1. The van der Waals surface area contributed by atoms with Crippen LogP contribution in [0.25, 0.3) is 0 Å². The fourth-order valence-electron chi connectivity index (χ4n) is 2.48. The van der Waals surface area contributed by atoms with Gasteiger partial charge in [0.2, 0.25) is 0 Å². The number of likely N-dealkylation sites (tertiary alicyclic amines) is 1. The molecule has 0 amide bonds. The molecule has 1 heterocycles. The third-order valence-corrected chi connectivity index (χ3v) is 4.01. The Hall–Kier alpha value is -0.710. The summed E-state index contributed by atoms with van der Waals surface area (Å²) in [7, 11) is 0. The third kappa shape index (κ3) is 3.40. The maximum atomic E-state index is 12.4. The van der Waals surface area contributed by atoms with E-state index in [1.54, 1.807) is 0 Å². The molecule has 98 valence electrons. The van der Waals surface area contributed by atoms with Crippen LogP contribution in [0.3, 0.4) is 0 Å². The molecule has 1 aliphatic heterocycles. The Labute approximate surface area is 116 Å². The van der Waals surface area contributed by atoms with Gasteiger partial charge < -0.3 is 10.6 Å². The normalized spacial score (nSPS) is 17.9. The van der Waals surface area contributed by atoms with Crippen LogP contribution in [0.15, 0.2) is 28.7 Å². The van der Waals surface area contributed by atoms with Crippen LogP contribution in [0.2, 0.25) is 0 Å². The lowest BCUT2D eigenvalue weighted by molar-refractivity contribution is 0.0842. The maximum Gasteiger partial charge on any atom is 0.166 e. The Kier molecular flexibility index (Phi) is 4.92. The summed E-state index contributed by atoms with van der Waals surface area (Å²) in [6, 6.07) is 7.68. The van der Waals surface area contributed by atoms with Crippen molar-refractivity contribution in [2.75, 3.05) is 26.2 Å². The summed E-state index contributed by atoms with van der Waals surface area (Å²) in [4.78, 5) is 14.7. The SMILES string of the molecule is NCCN1CCC(C(=O)c2cccc(Br)c2)CC1. The molecule has 0 atom stereocenters. The maximum absolute atomic E-state index is 12.4. The van der Waals surface area contributed by atoms with Gasteiger partial charge in [-0.1, -0.05) is 28.1 Å². The summed E-state index contributed by atoms with van der Waals surface area (Å²) in [6.45, 7) is 3.62. The van der Waals surface area contributed by atoms with Gasteiger partial charge in [-0.2, -0.15) is 0 Å². The first-order chi connectivity index (χ1) is 8.70. The summed E-state index contributed by atoms with van der Waals surface area (Å²) < 4.78 is 0.967. The average molecular weight is 311 g/mol. The number of hydrogen-bond acceptors (Lipinski definition) is 3. The minimum atomic E-state index is 0.174. The van der Waals surface area contributed by atoms with E-state index in [2.05, 4.69) is 20.8 Å². The molecule has 3 nitrogen and oxygen atoms in total. The van der Waals surface area contributed by atoms with E-state index in [0.29, 0.717) is 6.54 Å². The zero-order valence-electron chi connectivity index (χ0n) is 10.4. The van der Waals surface area contributed by atoms with Crippen LogP contribution >= 0.6 is 15.9 Å². The summed E-state index contributed by atoms with van der Waals surface area (Å²) in [5.41, 5.74) is 6.37. The average Bonchev–Trinajstić information content (AvgIpc) is 2.39. The lowest BCUT2D eigenvalue weighted by Gasteiger charge is -2.30. The molecule has 0 radical (unpaired) electrons. The predicted octanol–water partition coefficient (Wildman–Crippen LogP) is 2.30. The van der Waals surface area contributed by atoms with Gasteiger partial charge in [0, 0.05) is 29.0 Å². The standard InChI is InChI=1S/C14H19BrN2O/c15-13-3-1-2-12(10-13)14(18)11-4-7-17(8-5-11)9-6-16/h1-3,10-11H,4-9,16H2. The molecule has 1 fully saturated rings. The van der Waals surface area contributed by atoms with E-state index in [-0.39, 0.29) is 11.7 Å². The smallest absolute Gasteiger partial charge is 0.166 e. The molecule has 18 heavy (non-hydrogen) atoms. The number of Topliss-reactive ketones (excluding diaryl/α,β-unsaturated/α-hetero) is 1. The van der Waals surface area contributed by atoms with E-state index in [9.17, 15) is 4.79 Å². The lowest BCUT2D eigenvalue weighted by atomic mass is 9.89. The highest BCUT2D eigenvalue weighted by Crippen LogP contribution is 2.23. The molecule has 1 aromatic carbocycles. The molecule has 0 bridgehead atoms. The zero-order valence-corrected chi connectivity index (χ0v) is 12.0. The predicted molar refractivity (Wildman–Crippen MR) is 76.7 cm³/mol. The van der Waals surface area contributed by atoms with Gasteiger partial charge in [0.25, 0.3) is 0 Å². The van der Waals surface area contributed by atoms with Crippen molar-refractivity contribution in [1.29, 1.82) is 0 Å². The molecule has 1 aliphatic rings. The largest absolute Gasteiger partial charge is 0.329 e. The number of nitrogens with zero attached hydrogens (tertiary/aromatic N) is 1. The highest BCUT2D eigenvalue weighted by molar-refractivity contribution is 9.10. The van der Waals surface area contributed by atoms with Gasteiger partial charge in [0.1, 0.15) is 0 Å². The van der Waals surface area contributed by atoms with E-state index in [1.807, 2.05) is 24.3 Å². The number of carbonyl (C=O) groups is 1. The molecule has 0 aliphatic carbocycles. The molecule has 0 aromatic heterocycles. The van der Waals surface area contributed by atoms with Gasteiger partial charge in [-0.25, -0.2) is 0 Å². The van der Waals surface area contributed by atoms with Crippen LogP contribution in [0.4, 0.5) is 0 Å². The van der Waals surface area contributed by atoms with E-state index >= 15 is 0 Å². The van der Waals surface area contributed by atoms with E-state index < -0.39 is 0 Å². The Morgan fingerprint density at radius 2 is 2.11 bits per heavy atom. The minimum absolute atomic E-state index is 0.174. The molecule has 1 aromatic rings. The van der Waals surface area contributed by atoms with Gasteiger partial charge in [-0.15, -0.1) is 0 Å². The van der Waals surface area contributed by atoms with Crippen molar-refractivity contribution in [3.8, 4) is 0 Å². The fourth-order valence-corrected chi connectivity index (χ4v) is 2.88. The van der Waals surface area contributed by atoms with Crippen LogP contribution in [-0.4, -0.2) is 36.9 Å². The Morgan fingerprint density at radius 1 is 1.39 bits per heavy atom. The first kappa shape index (κ1) is 13.7. The fraction of sp³-hybridized carbons (Fsp3) is 0.500. The van der Waals surface area contributed by atoms with Gasteiger partial charge in [-0.05, 0) is 38.1 Å². The molecule has 0 saturated carbocycles. The topological polar surface area (TPSA) is 46.3 Å². The van der Waals surface area contributed by atoms with Gasteiger partial charge in [0.05, 0.1) is 0 Å². The lowest BCUT2D eigenvalue weighted by Crippen LogP contribution is -2.39. The summed E-state index contributed by atoms with van der Waals surface area (Å²) in [6.07, 6.45) is 1.90. The van der Waals surface area contributed by atoms with E-state index in [1.165, 1.54) is 0 Å². The second-order valence-corrected chi connectivity index (χ2v) is 5.69. The van der Waals surface area contributed by atoms with Crippen LogP contribution in [0.5, 0.6) is 0 Å². The number of piperidine rings is 1. The monoisotopic (exact) mass is 310 g/mol. The second kappa shape index (κ2) is 6.45. The Morgan fingerprint density at radius 3 is 2.72 bits per heavy atom. The summed E-state index contributed by atoms with van der Waals surface area (Å²) in [5.74, 6) is 0.456. The third-order valence-electron chi connectivity index (χ3n) is 3.51. The number of rotatable bonds is 4. The molecular formula is C14H19BrN2O. The number of halogens is 1. The minimum Gasteiger partial charge on any atom is -0.329 e. The van der Waals surface area contributed by atoms with Gasteiger partial charge in [0.15, 0.2) is 5.78 Å². The first-order valence-electron chi connectivity index (χ1n) is 6.43. The van der Waals surface area contributed by atoms with Crippen molar-refractivity contribution in [3.05, 3.63) is 34.3 Å². The van der Waals surface area contributed by atoms with Crippen LogP contribution in [-0.2, 0) is 0 Å². The molecule has 1 saturated heterocycles. The van der Waals surface area contributed by atoms with Crippen LogP contribution < -0.4 is 5.73 Å². The van der Waals surface area contributed by atoms with E-state index in [0.717, 1.165) is 42.5 Å². The quantitative estimate of drug-likeness (QED) is 0.868. The zero-order chi connectivity index (χ0) is 13.0. The molecule has 0 unspecified atom stereocenters. The molecule has 0 spiro atoms. The van der Waals surface area contributed by atoms with Crippen molar-refractivity contribution < 1.29 is 4.79 Å². The van der Waals surface area contributed by atoms with Crippen molar-refractivity contribution >= 4 is 21.7 Å². The highest BCUT2D eigenvalue weighted by atomic mass is 79.9. The van der Waals surface area contributed by atoms with Crippen molar-refractivity contribution in [3.63, 3.8) is 0 Å². The molecular weight excluding hydrogens is 292 g/mol. The second-order valence-electron chi connectivity index (χ2n) is 4.78.